The fourth-order valence-electron chi connectivity index (χ4n) is 3.34. The summed E-state index contributed by atoms with van der Waals surface area (Å²) in [6, 6.07) is -1.07. The first-order chi connectivity index (χ1) is 14.9. The summed E-state index contributed by atoms with van der Waals surface area (Å²) in [6.45, 7) is 7.83. The first-order valence-corrected chi connectivity index (χ1v) is 11.9. The summed E-state index contributed by atoms with van der Waals surface area (Å²) in [5, 5.41) is 2.61. The second kappa shape index (κ2) is 12.9. The van der Waals surface area contributed by atoms with Gasteiger partial charge in [-0.25, -0.2) is 0 Å². The number of hydrogen-bond acceptors (Lipinski definition) is 11. The van der Waals surface area contributed by atoms with Gasteiger partial charge in [0.05, 0.1) is 31.5 Å². The topological polar surface area (TPSA) is 153 Å². The van der Waals surface area contributed by atoms with Crippen molar-refractivity contribution < 1.29 is 51.7 Å². The molecule has 0 bridgehead atoms. The third kappa shape index (κ3) is 8.85. The molecular weight excluding hydrogens is 449 g/mol. The standard InChI is InChI=1S/C19H32NO11P/c1-7-27-32(25,28-8-2)10-16-17(20-11(3)21)19(30-14(6)24)18(29-13(5)23)15(31-16)9-26-12(4)22/h15-19H,7-10H2,1-6H3,(H,20,21)/t15?,16-,17?,18-,19?/m1/s1. The normalized spacial score (nSPS) is 25.5. The average molecular weight is 481 g/mol. The molecule has 1 fully saturated rings. The van der Waals surface area contributed by atoms with Crippen molar-refractivity contribution in [2.24, 2.45) is 0 Å². The van der Waals surface area contributed by atoms with Gasteiger partial charge in [-0.3, -0.25) is 23.7 Å². The van der Waals surface area contributed by atoms with Gasteiger partial charge in [0.2, 0.25) is 5.91 Å². The van der Waals surface area contributed by atoms with Crippen molar-refractivity contribution in [1.82, 2.24) is 5.32 Å². The lowest BCUT2D eigenvalue weighted by molar-refractivity contribution is -0.220. The monoisotopic (exact) mass is 481 g/mol. The van der Waals surface area contributed by atoms with Crippen LogP contribution in [0.2, 0.25) is 0 Å². The maximum absolute atomic E-state index is 13.2. The Kier molecular flexibility index (Phi) is 11.3. The molecule has 0 aliphatic carbocycles. The molecule has 0 spiro atoms. The molecule has 1 aliphatic heterocycles. The molecule has 5 atom stereocenters. The molecule has 1 N–H and O–H groups in total. The Labute approximate surface area is 187 Å². The summed E-state index contributed by atoms with van der Waals surface area (Å²) < 4.78 is 45.5. The smallest absolute Gasteiger partial charge is 0.333 e. The maximum Gasteiger partial charge on any atom is 0.333 e. The molecule has 3 unspecified atom stereocenters. The van der Waals surface area contributed by atoms with Gasteiger partial charge in [-0.2, -0.15) is 0 Å². The minimum Gasteiger partial charge on any atom is -0.463 e. The second-order valence-corrected chi connectivity index (χ2v) is 9.12. The molecular formula is C19H32NO11P. The Morgan fingerprint density at radius 1 is 0.844 bits per heavy atom. The van der Waals surface area contributed by atoms with Gasteiger partial charge in [0.25, 0.3) is 0 Å². The molecule has 0 radical (unpaired) electrons. The van der Waals surface area contributed by atoms with E-state index in [9.17, 15) is 23.7 Å². The van der Waals surface area contributed by atoms with E-state index in [0.29, 0.717) is 0 Å². The molecule has 1 amide bonds. The van der Waals surface area contributed by atoms with Gasteiger partial charge in [-0.05, 0) is 13.8 Å². The van der Waals surface area contributed by atoms with Gasteiger partial charge >= 0.3 is 25.5 Å². The lowest BCUT2D eigenvalue weighted by Gasteiger charge is -2.45. The van der Waals surface area contributed by atoms with Crippen LogP contribution in [-0.2, 0) is 51.7 Å². The minimum atomic E-state index is -3.67. The number of ether oxygens (including phenoxy) is 4. The Bertz CT molecular complexity index is 718. The fourth-order valence-corrected chi connectivity index (χ4v) is 5.16. The summed E-state index contributed by atoms with van der Waals surface area (Å²) in [5.41, 5.74) is 0. The van der Waals surface area contributed by atoms with E-state index in [2.05, 4.69) is 5.32 Å². The first-order valence-electron chi connectivity index (χ1n) is 10.2. The van der Waals surface area contributed by atoms with Gasteiger partial charge < -0.3 is 33.3 Å². The molecule has 184 valence electrons. The van der Waals surface area contributed by atoms with Crippen LogP contribution in [0.5, 0.6) is 0 Å². The van der Waals surface area contributed by atoms with E-state index in [1.807, 2.05) is 0 Å². The van der Waals surface area contributed by atoms with Gasteiger partial charge in [0, 0.05) is 27.7 Å². The highest BCUT2D eigenvalue weighted by Gasteiger charge is 2.52. The van der Waals surface area contributed by atoms with Crippen molar-refractivity contribution in [3.8, 4) is 0 Å². The Morgan fingerprint density at radius 2 is 1.38 bits per heavy atom. The number of rotatable bonds is 11. The molecule has 1 heterocycles. The lowest BCUT2D eigenvalue weighted by Crippen LogP contribution is -2.66. The van der Waals surface area contributed by atoms with E-state index >= 15 is 0 Å². The zero-order valence-electron chi connectivity index (χ0n) is 19.2. The number of amides is 1. The van der Waals surface area contributed by atoms with Crippen LogP contribution in [0.1, 0.15) is 41.5 Å². The Hall–Kier alpha value is -2.01. The van der Waals surface area contributed by atoms with Crippen LogP contribution in [0.3, 0.4) is 0 Å². The summed E-state index contributed by atoms with van der Waals surface area (Å²) in [5.74, 6) is -2.54. The maximum atomic E-state index is 13.2. The van der Waals surface area contributed by atoms with Crippen LogP contribution >= 0.6 is 7.60 Å². The van der Waals surface area contributed by atoms with Gasteiger partial charge in [-0.15, -0.1) is 0 Å². The highest BCUT2D eigenvalue weighted by molar-refractivity contribution is 7.53. The molecule has 1 rings (SSSR count). The number of carbonyl (C=O) groups is 4. The van der Waals surface area contributed by atoms with Crippen molar-refractivity contribution in [1.29, 1.82) is 0 Å². The lowest BCUT2D eigenvalue weighted by atomic mass is 9.92. The first kappa shape index (κ1) is 28.0. The molecule has 12 nitrogen and oxygen atoms in total. The zero-order valence-corrected chi connectivity index (χ0v) is 20.0. The summed E-state index contributed by atoms with van der Waals surface area (Å²) in [7, 11) is -3.67. The number of esters is 3. The van der Waals surface area contributed by atoms with Gasteiger partial charge in [0.15, 0.2) is 12.2 Å². The molecule has 13 heteroatoms. The average Bonchev–Trinajstić information content (AvgIpc) is 2.64. The Morgan fingerprint density at radius 3 is 1.81 bits per heavy atom. The van der Waals surface area contributed by atoms with E-state index < -0.39 is 61.9 Å². The van der Waals surface area contributed by atoms with Gasteiger partial charge in [0.1, 0.15) is 12.7 Å². The van der Waals surface area contributed by atoms with Crippen LogP contribution in [0.15, 0.2) is 0 Å². The van der Waals surface area contributed by atoms with Crippen LogP contribution in [0, 0.1) is 0 Å². The summed E-state index contributed by atoms with van der Waals surface area (Å²) >= 11 is 0. The molecule has 0 aromatic carbocycles. The quantitative estimate of drug-likeness (QED) is 0.255. The van der Waals surface area contributed by atoms with Crippen LogP contribution in [-0.4, -0.2) is 80.3 Å². The van der Waals surface area contributed by atoms with Crippen molar-refractivity contribution >= 4 is 31.4 Å². The van der Waals surface area contributed by atoms with E-state index in [1.165, 1.54) is 13.8 Å². The minimum absolute atomic E-state index is 0.0924. The molecule has 32 heavy (non-hydrogen) atoms. The van der Waals surface area contributed by atoms with Crippen molar-refractivity contribution in [3.63, 3.8) is 0 Å². The third-order valence-corrected chi connectivity index (χ3v) is 6.38. The molecule has 0 aromatic heterocycles. The molecule has 0 saturated carbocycles. The van der Waals surface area contributed by atoms with Crippen molar-refractivity contribution in [2.45, 2.75) is 72.0 Å². The molecule has 1 aliphatic rings. The van der Waals surface area contributed by atoms with Crippen molar-refractivity contribution in [2.75, 3.05) is 26.0 Å². The number of nitrogens with one attached hydrogen (secondary N) is 1. The highest BCUT2D eigenvalue weighted by atomic mass is 31.2. The number of carbonyl (C=O) groups excluding carboxylic acids is 4. The SMILES string of the molecule is CCOP(=O)(C[C@H]1OC(COC(C)=O)[C@@H](OC(C)=O)C(OC(C)=O)C1NC(C)=O)OCC. The van der Waals surface area contributed by atoms with E-state index in [4.69, 9.17) is 28.0 Å². The van der Waals surface area contributed by atoms with Crippen LogP contribution < -0.4 is 5.32 Å². The third-order valence-electron chi connectivity index (χ3n) is 4.27. The predicted molar refractivity (Wildman–Crippen MR) is 110 cm³/mol. The summed E-state index contributed by atoms with van der Waals surface area (Å²) in [4.78, 5) is 46.8. The predicted octanol–water partition coefficient (Wildman–Crippen LogP) is 0.951. The summed E-state index contributed by atoms with van der Waals surface area (Å²) in [6.07, 6.45) is -4.89. The van der Waals surface area contributed by atoms with Crippen LogP contribution in [0.25, 0.3) is 0 Å². The largest absolute Gasteiger partial charge is 0.463 e. The van der Waals surface area contributed by atoms with Gasteiger partial charge in [-0.1, -0.05) is 0 Å². The van der Waals surface area contributed by atoms with E-state index in [0.717, 1.165) is 13.8 Å². The number of hydrogen-bond donors (Lipinski definition) is 1. The zero-order chi connectivity index (χ0) is 24.5. The second-order valence-electron chi connectivity index (χ2n) is 7.02. The fraction of sp³-hybridized carbons (Fsp3) is 0.789. The van der Waals surface area contributed by atoms with Crippen LogP contribution in [0.4, 0.5) is 0 Å². The molecule has 1 saturated heterocycles. The Balaban J connectivity index is 3.43. The molecule has 0 aromatic rings. The van der Waals surface area contributed by atoms with Crippen molar-refractivity contribution in [3.05, 3.63) is 0 Å². The van der Waals surface area contributed by atoms with E-state index in [1.54, 1.807) is 13.8 Å². The van der Waals surface area contributed by atoms with E-state index in [-0.39, 0.29) is 26.0 Å². The highest BCUT2D eigenvalue weighted by Crippen LogP contribution is 2.50.